The zero-order chi connectivity index (χ0) is 37.3. The summed E-state index contributed by atoms with van der Waals surface area (Å²) in [6.07, 6.45) is 6.80. The minimum atomic E-state index is -0.592. The Morgan fingerprint density at radius 3 is 2.34 bits per heavy atom. The summed E-state index contributed by atoms with van der Waals surface area (Å²) in [6.45, 7) is 16.9. The fourth-order valence-electron chi connectivity index (χ4n) is 7.55. The Balaban J connectivity index is 0.984. The van der Waals surface area contributed by atoms with Crippen molar-refractivity contribution in [2.45, 2.75) is 51.6 Å². The summed E-state index contributed by atoms with van der Waals surface area (Å²) in [5.41, 5.74) is 7.97. The average Bonchev–Trinajstić information content (AvgIpc) is 3.31. The van der Waals surface area contributed by atoms with Gasteiger partial charge < -0.3 is 19.6 Å². The lowest BCUT2D eigenvalue weighted by molar-refractivity contribution is -0.136. The molecule has 276 valence electrons. The van der Waals surface area contributed by atoms with Crippen LogP contribution in [0.2, 0.25) is 0 Å². The molecular formula is C44H50N4O5. The van der Waals surface area contributed by atoms with Crippen LogP contribution in [-0.4, -0.2) is 89.4 Å². The second kappa shape index (κ2) is 17.5. The Labute approximate surface area is 312 Å². The van der Waals surface area contributed by atoms with E-state index in [1.165, 1.54) is 11.1 Å². The van der Waals surface area contributed by atoms with Gasteiger partial charge in [0.15, 0.2) is 0 Å². The molecule has 9 heteroatoms. The molecule has 2 saturated heterocycles. The fraction of sp³-hybridized carbons (Fsp3) is 0.341. The molecule has 3 aliphatic rings. The highest BCUT2D eigenvalue weighted by atomic mass is 16.5. The minimum absolute atomic E-state index is 0.0125. The SMILES string of the molecule is C=C(O)/C=C\C(=C)/C(=C(\CC)c1ccccc1)c1ccc(OCCN2CCCN(CCc3ccc4c(c3)CN(C3CCC(=O)NC3=O)C4=O)CC2)cc1. The zero-order valence-electron chi connectivity index (χ0n) is 30.7. The normalized spacial score (nSPS) is 18.8. The topological polar surface area (TPSA) is 102 Å². The Kier molecular flexibility index (Phi) is 12.4. The molecule has 0 radical (unpaired) electrons. The van der Waals surface area contributed by atoms with Crippen LogP contribution < -0.4 is 10.1 Å². The van der Waals surface area contributed by atoms with Gasteiger partial charge in [0.2, 0.25) is 11.8 Å². The first-order valence-corrected chi connectivity index (χ1v) is 18.7. The van der Waals surface area contributed by atoms with E-state index in [1.807, 2.05) is 42.5 Å². The van der Waals surface area contributed by atoms with E-state index in [1.54, 1.807) is 17.1 Å². The first kappa shape index (κ1) is 37.5. The molecule has 2 N–H and O–H groups in total. The largest absolute Gasteiger partial charge is 0.509 e. The van der Waals surface area contributed by atoms with Crippen LogP contribution in [0.5, 0.6) is 5.75 Å². The van der Waals surface area contributed by atoms with E-state index < -0.39 is 6.04 Å². The Bertz CT molecular complexity index is 1900. The maximum atomic E-state index is 13.1. The van der Waals surface area contributed by atoms with Crippen LogP contribution in [-0.2, 0) is 22.6 Å². The monoisotopic (exact) mass is 714 g/mol. The van der Waals surface area contributed by atoms with Crippen LogP contribution in [0.15, 0.2) is 109 Å². The van der Waals surface area contributed by atoms with Crippen molar-refractivity contribution in [3.05, 3.63) is 137 Å². The molecule has 3 aromatic rings. The van der Waals surface area contributed by atoms with Crippen LogP contribution in [0.25, 0.3) is 11.1 Å². The van der Waals surface area contributed by atoms with Crippen molar-refractivity contribution in [1.82, 2.24) is 20.0 Å². The predicted octanol–water partition coefficient (Wildman–Crippen LogP) is 6.58. The Hall–Kier alpha value is -5.25. The second-order valence-electron chi connectivity index (χ2n) is 14.0. The van der Waals surface area contributed by atoms with E-state index in [9.17, 15) is 19.5 Å². The molecule has 0 bridgehead atoms. The van der Waals surface area contributed by atoms with E-state index in [2.05, 4.69) is 65.5 Å². The quantitative estimate of drug-likeness (QED) is 0.0842. The van der Waals surface area contributed by atoms with Gasteiger partial charge in [0.1, 0.15) is 24.2 Å². The van der Waals surface area contributed by atoms with Crippen molar-refractivity contribution in [2.75, 3.05) is 45.9 Å². The number of imide groups is 1. The number of benzene rings is 3. The summed E-state index contributed by atoms with van der Waals surface area (Å²) in [7, 11) is 0. The van der Waals surface area contributed by atoms with E-state index in [-0.39, 0.29) is 29.9 Å². The molecule has 0 saturated carbocycles. The van der Waals surface area contributed by atoms with Gasteiger partial charge in [-0.25, -0.2) is 0 Å². The smallest absolute Gasteiger partial charge is 0.255 e. The van der Waals surface area contributed by atoms with Gasteiger partial charge in [-0.15, -0.1) is 0 Å². The highest BCUT2D eigenvalue weighted by molar-refractivity contribution is 6.05. The number of hydrogen-bond acceptors (Lipinski definition) is 7. The van der Waals surface area contributed by atoms with Crippen LogP contribution in [0.4, 0.5) is 0 Å². The number of amides is 3. The van der Waals surface area contributed by atoms with Crippen LogP contribution in [0, 0.1) is 0 Å². The second-order valence-corrected chi connectivity index (χ2v) is 14.0. The molecule has 9 nitrogen and oxygen atoms in total. The fourth-order valence-corrected chi connectivity index (χ4v) is 7.55. The summed E-state index contributed by atoms with van der Waals surface area (Å²) >= 11 is 0. The van der Waals surface area contributed by atoms with Crippen molar-refractivity contribution in [2.24, 2.45) is 0 Å². The molecule has 3 aliphatic heterocycles. The van der Waals surface area contributed by atoms with Crippen LogP contribution in [0.1, 0.15) is 65.2 Å². The summed E-state index contributed by atoms with van der Waals surface area (Å²) in [6, 6.07) is 23.9. The molecule has 2 fully saturated rings. The van der Waals surface area contributed by atoms with E-state index in [4.69, 9.17) is 4.74 Å². The van der Waals surface area contributed by atoms with E-state index >= 15 is 0 Å². The number of rotatable bonds is 14. The molecule has 0 spiro atoms. The van der Waals surface area contributed by atoms with Crippen LogP contribution in [0.3, 0.4) is 0 Å². The van der Waals surface area contributed by atoms with Crippen molar-refractivity contribution in [1.29, 1.82) is 0 Å². The average molecular weight is 715 g/mol. The summed E-state index contributed by atoms with van der Waals surface area (Å²) in [5.74, 6) is 0.0208. The summed E-state index contributed by atoms with van der Waals surface area (Å²) in [5, 5.41) is 12.0. The zero-order valence-corrected chi connectivity index (χ0v) is 30.7. The van der Waals surface area contributed by atoms with Crippen LogP contribution >= 0.6 is 0 Å². The number of allylic oxidation sites excluding steroid dienone is 5. The number of fused-ring (bicyclic) bond motifs is 1. The van der Waals surface area contributed by atoms with Crippen molar-refractivity contribution >= 4 is 28.9 Å². The molecule has 6 rings (SSSR count). The number of nitrogens with zero attached hydrogens (tertiary/aromatic N) is 3. The molecule has 3 aromatic carbocycles. The third-order valence-electron chi connectivity index (χ3n) is 10.4. The van der Waals surface area contributed by atoms with Gasteiger partial charge in [-0.2, -0.15) is 0 Å². The lowest BCUT2D eigenvalue weighted by Gasteiger charge is -2.29. The predicted molar refractivity (Wildman–Crippen MR) is 209 cm³/mol. The Morgan fingerprint density at radius 1 is 0.906 bits per heavy atom. The van der Waals surface area contributed by atoms with Crippen molar-refractivity contribution < 1.29 is 24.2 Å². The van der Waals surface area contributed by atoms with Gasteiger partial charge in [-0.05, 0) is 102 Å². The summed E-state index contributed by atoms with van der Waals surface area (Å²) < 4.78 is 6.21. The standard InChI is InChI=1S/C44H50N4O5/c1-4-38(34-9-6-5-7-10-34)42(31(2)11-12-32(3)49)35-14-16-37(17-15-35)53-28-27-47-23-8-22-46(25-26-47)24-21-33-13-18-39-36(29-33)30-48(44(39)52)40-19-20-41(50)45-43(40)51/h5-7,9-18,29,40,49H,2-4,8,19-28,30H2,1H3,(H,45,50,51)/b12-11-,42-38-. The van der Waals surface area contributed by atoms with Gasteiger partial charge in [0.05, 0.1) is 0 Å². The maximum absolute atomic E-state index is 13.1. The van der Waals surface area contributed by atoms with Gasteiger partial charge in [-0.1, -0.05) is 80.8 Å². The first-order valence-electron chi connectivity index (χ1n) is 18.7. The Morgan fingerprint density at radius 2 is 1.64 bits per heavy atom. The van der Waals surface area contributed by atoms with Crippen molar-refractivity contribution in [3.8, 4) is 5.75 Å². The third-order valence-corrected chi connectivity index (χ3v) is 10.4. The highest BCUT2D eigenvalue weighted by Crippen LogP contribution is 2.35. The number of nitrogens with one attached hydrogen (secondary N) is 1. The highest BCUT2D eigenvalue weighted by Gasteiger charge is 2.39. The number of aliphatic hydroxyl groups is 1. The van der Waals surface area contributed by atoms with E-state index in [0.29, 0.717) is 25.1 Å². The molecule has 0 aliphatic carbocycles. The molecule has 53 heavy (non-hydrogen) atoms. The molecular weight excluding hydrogens is 665 g/mol. The molecule has 1 unspecified atom stereocenters. The number of carbonyl (C=O) groups excluding carboxylic acids is 3. The van der Waals surface area contributed by atoms with Gasteiger partial charge in [0, 0.05) is 44.7 Å². The lowest BCUT2D eigenvalue weighted by atomic mass is 9.88. The van der Waals surface area contributed by atoms with Gasteiger partial charge in [0.25, 0.3) is 5.91 Å². The van der Waals surface area contributed by atoms with E-state index in [0.717, 1.165) is 92.1 Å². The van der Waals surface area contributed by atoms with Gasteiger partial charge in [-0.3, -0.25) is 24.6 Å². The van der Waals surface area contributed by atoms with Gasteiger partial charge >= 0.3 is 0 Å². The molecule has 3 amide bonds. The maximum Gasteiger partial charge on any atom is 0.255 e. The minimum Gasteiger partial charge on any atom is -0.509 e. The first-order chi connectivity index (χ1) is 25.7. The lowest BCUT2D eigenvalue weighted by Crippen LogP contribution is -2.52. The number of ether oxygens (including phenoxy) is 1. The molecule has 0 aromatic heterocycles. The molecule has 1 atom stereocenters. The number of piperidine rings is 1. The number of carbonyl (C=O) groups is 3. The summed E-state index contributed by atoms with van der Waals surface area (Å²) in [4.78, 5) is 43.6. The van der Waals surface area contributed by atoms with Crippen molar-refractivity contribution in [3.63, 3.8) is 0 Å². The number of aliphatic hydroxyl groups excluding tert-OH is 1. The number of hydrogen-bond donors (Lipinski definition) is 2. The molecule has 3 heterocycles. The third kappa shape index (κ3) is 9.41.